The van der Waals surface area contributed by atoms with Gasteiger partial charge in [-0.05, 0) is 48.2 Å². The fourth-order valence-corrected chi connectivity index (χ4v) is 5.36. The molecule has 2 aromatic heterocycles. The van der Waals surface area contributed by atoms with Crippen LogP contribution in [0.1, 0.15) is 21.1 Å². The van der Waals surface area contributed by atoms with Crippen molar-refractivity contribution in [2.45, 2.75) is 25.7 Å². The average Bonchev–Trinajstić information content (AvgIpc) is 3.34. The van der Waals surface area contributed by atoms with Gasteiger partial charge >= 0.3 is 0 Å². The van der Waals surface area contributed by atoms with Gasteiger partial charge < -0.3 is 0 Å². The van der Waals surface area contributed by atoms with Gasteiger partial charge in [0, 0.05) is 12.8 Å². The third kappa shape index (κ3) is 3.84. The number of aryl methyl sites for hydroxylation is 4. The normalized spacial score (nSPS) is 11.4. The molecule has 2 heterocycles. The molecular formula is C24H20N2S2. The molecule has 0 amide bonds. The Kier molecular flexibility index (Phi) is 4.90. The van der Waals surface area contributed by atoms with Crippen LogP contribution in [0.5, 0.6) is 0 Å². The molecule has 4 heteroatoms. The van der Waals surface area contributed by atoms with E-state index in [-0.39, 0.29) is 0 Å². The quantitative estimate of drug-likeness (QED) is 0.326. The second-order valence-corrected chi connectivity index (χ2v) is 9.20. The summed E-state index contributed by atoms with van der Waals surface area (Å²) in [6, 6.07) is 25.8. The molecule has 0 spiro atoms. The number of fused-ring (bicyclic) bond motifs is 2. The molecule has 28 heavy (non-hydrogen) atoms. The van der Waals surface area contributed by atoms with E-state index in [1.165, 1.54) is 30.5 Å². The van der Waals surface area contributed by atoms with Crippen molar-refractivity contribution in [3.05, 3.63) is 93.9 Å². The predicted octanol–water partition coefficient (Wildman–Crippen LogP) is 6.48. The monoisotopic (exact) mass is 400 g/mol. The summed E-state index contributed by atoms with van der Waals surface area (Å²) in [5.74, 6) is 0. The highest BCUT2D eigenvalue weighted by Crippen LogP contribution is 2.24. The van der Waals surface area contributed by atoms with Gasteiger partial charge in [0.2, 0.25) is 0 Å². The maximum atomic E-state index is 4.74. The lowest BCUT2D eigenvalue weighted by Gasteiger charge is -2.03. The van der Waals surface area contributed by atoms with Crippen molar-refractivity contribution >= 4 is 43.1 Å². The van der Waals surface area contributed by atoms with Gasteiger partial charge in [-0.3, -0.25) is 0 Å². The van der Waals surface area contributed by atoms with Gasteiger partial charge in [0.1, 0.15) is 0 Å². The van der Waals surface area contributed by atoms with E-state index in [9.17, 15) is 0 Å². The van der Waals surface area contributed by atoms with Crippen molar-refractivity contribution < 1.29 is 0 Å². The van der Waals surface area contributed by atoms with Gasteiger partial charge in [-0.1, -0.05) is 48.5 Å². The van der Waals surface area contributed by atoms with Crippen molar-refractivity contribution in [2.24, 2.45) is 0 Å². The molecule has 0 aliphatic heterocycles. The molecule has 0 bridgehead atoms. The Morgan fingerprint density at radius 2 is 0.929 bits per heavy atom. The summed E-state index contributed by atoms with van der Waals surface area (Å²) in [6.45, 7) is 0. The zero-order valence-corrected chi connectivity index (χ0v) is 17.1. The van der Waals surface area contributed by atoms with Crippen LogP contribution >= 0.6 is 22.7 Å². The Bertz CT molecular complexity index is 1060. The third-order valence-corrected chi connectivity index (χ3v) is 7.15. The van der Waals surface area contributed by atoms with Crippen LogP contribution < -0.4 is 0 Å². The van der Waals surface area contributed by atoms with E-state index in [4.69, 9.17) is 9.97 Å². The maximum Gasteiger partial charge on any atom is 0.0941 e. The lowest BCUT2D eigenvalue weighted by molar-refractivity contribution is 0.930. The lowest BCUT2D eigenvalue weighted by atomic mass is 10.0. The number of rotatable bonds is 6. The molecule has 0 N–H and O–H groups in total. The fraction of sp³-hybridized carbons (Fsp3) is 0.167. The van der Waals surface area contributed by atoms with Gasteiger partial charge in [-0.2, -0.15) is 0 Å². The average molecular weight is 401 g/mol. The standard InChI is InChI=1S/C24H20N2S2/c1-3-7-21-19(5-1)25-23(27-21)15-13-17-9-11-18(12-10-17)14-16-24-26-20-6-2-4-8-22(20)28-24/h1-12H,13-16H2. The van der Waals surface area contributed by atoms with Crippen LogP contribution in [0.4, 0.5) is 0 Å². The highest BCUT2D eigenvalue weighted by Gasteiger charge is 2.05. The van der Waals surface area contributed by atoms with E-state index in [2.05, 4.69) is 72.8 Å². The molecule has 0 unspecified atom stereocenters. The van der Waals surface area contributed by atoms with E-state index in [1.807, 2.05) is 22.7 Å². The summed E-state index contributed by atoms with van der Waals surface area (Å²) in [5.41, 5.74) is 4.99. The molecule has 0 aliphatic carbocycles. The first-order valence-electron chi connectivity index (χ1n) is 9.60. The zero-order valence-electron chi connectivity index (χ0n) is 15.5. The Balaban J connectivity index is 1.19. The maximum absolute atomic E-state index is 4.74. The van der Waals surface area contributed by atoms with Gasteiger partial charge in [-0.15, -0.1) is 22.7 Å². The Labute approximate surface area is 172 Å². The van der Waals surface area contributed by atoms with Crippen LogP contribution in [-0.4, -0.2) is 9.97 Å². The van der Waals surface area contributed by atoms with Gasteiger partial charge in [0.25, 0.3) is 0 Å². The Morgan fingerprint density at radius 3 is 1.36 bits per heavy atom. The second kappa shape index (κ2) is 7.82. The number of nitrogens with zero attached hydrogens (tertiary/aromatic N) is 2. The summed E-state index contributed by atoms with van der Waals surface area (Å²) < 4.78 is 2.56. The summed E-state index contributed by atoms with van der Waals surface area (Å²) in [4.78, 5) is 9.48. The molecule has 3 aromatic carbocycles. The van der Waals surface area contributed by atoms with Crippen molar-refractivity contribution in [3.8, 4) is 0 Å². The largest absolute Gasteiger partial charge is 0.241 e. The second-order valence-electron chi connectivity index (χ2n) is 6.97. The molecule has 0 fully saturated rings. The molecule has 5 aromatic rings. The fourth-order valence-electron chi connectivity index (χ4n) is 3.43. The summed E-state index contributed by atoms with van der Waals surface area (Å²) in [5, 5.41) is 2.45. The Morgan fingerprint density at radius 1 is 0.500 bits per heavy atom. The first-order chi connectivity index (χ1) is 13.8. The molecule has 2 nitrogen and oxygen atoms in total. The van der Waals surface area contributed by atoms with Crippen LogP contribution in [0, 0.1) is 0 Å². The number of aromatic nitrogens is 2. The summed E-state index contributed by atoms with van der Waals surface area (Å²) in [7, 11) is 0. The molecule has 0 radical (unpaired) electrons. The van der Waals surface area contributed by atoms with Crippen molar-refractivity contribution in [2.75, 3.05) is 0 Å². The minimum Gasteiger partial charge on any atom is -0.241 e. The van der Waals surface area contributed by atoms with Gasteiger partial charge in [0.15, 0.2) is 0 Å². The smallest absolute Gasteiger partial charge is 0.0941 e. The molecule has 138 valence electrons. The molecule has 0 saturated carbocycles. The third-order valence-electron chi connectivity index (χ3n) is 4.95. The topological polar surface area (TPSA) is 25.8 Å². The SMILES string of the molecule is c1ccc2sc(CCc3ccc(CCc4nc5ccccc5s4)cc3)nc2c1. The lowest BCUT2D eigenvalue weighted by Crippen LogP contribution is -1.93. The minimum atomic E-state index is 1.00. The predicted molar refractivity (Wildman–Crippen MR) is 120 cm³/mol. The molecule has 5 rings (SSSR count). The van der Waals surface area contributed by atoms with E-state index in [1.54, 1.807) is 0 Å². The molecule has 0 atom stereocenters. The van der Waals surface area contributed by atoms with E-state index in [0.29, 0.717) is 0 Å². The number of benzene rings is 3. The molecular weight excluding hydrogens is 380 g/mol. The van der Waals surface area contributed by atoms with Crippen LogP contribution in [0.15, 0.2) is 72.8 Å². The van der Waals surface area contributed by atoms with Crippen LogP contribution in [-0.2, 0) is 25.7 Å². The molecule has 0 saturated heterocycles. The van der Waals surface area contributed by atoms with Crippen molar-refractivity contribution in [1.29, 1.82) is 0 Å². The van der Waals surface area contributed by atoms with Gasteiger partial charge in [-0.25, -0.2) is 9.97 Å². The van der Waals surface area contributed by atoms with E-state index < -0.39 is 0 Å². The van der Waals surface area contributed by atoms with Crippen molar-refractivity contribution in [3.63, 3.8) is 0 Å². The molecule has 0 aliphatic rings. The highest BCUT2D eigenvalue weighted by molar-refractivity contribution is 7.18. The summed E-state index contributed by atoms with van der Waals surface area (Å²) in [6.07, 6.45) is 4.09. The van der Waals surface area contributed by atoms with Gasteiger partial charge in [0.05, 0.1) is 30.4 Å². The van der Waals surface area contributed by atoms with E-state index in [0.717, 1.165) is 36.7 Å². The summed E-state index contributed by atoms with van der Waals surface area (Å²) >= 11 is 3.62. The minimum absolute atomic E-state index is 1.00. The van der Waals surface area contributed by atoms with E-state index >= 15 is 0 Å². The van der Waals surface area contributed by atoms with Crippen molar-refractivity contribution in [1.82, 2.24) is 9.97 Å². The van der Waals surface area contributed by atoms with Crippen LogP contribution in [0.3, 0.4) is 0 Å². The highest BCUT2D eigenvalue weighted by atomic mass is 32.1. The first kappa shape index (κ1) is 17.5. The number of thiazole rings is 2. The van der Waals surface area contributed by atoms with Crippen LogP contribution in [0.2, 0.25) is 0 Å². The first-order valence-corrected chi connectivity index (χ1v) is 11.2. The number of para-hydroxylation sites is 2. The Hall–Kier alpha value is -2.56. The van der Waals surface area contributed by atoms with Crippen LogP contribution in [0.25, 0.3) is 20.4 Å². The number of hydrogen-bond donors (Lipinski definition) is 0. The number of hydrogen-bond acceptors (Lipinski definition) is 4. The zero-order chi connectivity index (χ0) is 18.8.